The fraction of sp³-hybridized carbons (Fsp3) is 0.857. The number of carbonyl (C=O) groups is 1. The van der Waals surface area contributed by atoms with Crippen LogP contribution in [0.2, 0.25) is 0 Å². The van der Waals surface area contributed by atoms with E-state index in [0.29, 0.717) is 11.8 Å². The average Bonchev–Trinajstić information content (AvgIpc) is 3.07. The Labute approximate surface area is 104 Å². The van der Waals surface area contributed by atoms with Crippen LogP contribution in [0.5, 0.6) is 0 Å². The fourth-order valence-corrected chi connectivity index (χ4v) is 3.09. The number of unbranched alkanes of at least 4 members (excludes halogenated alkanes) is 1. The van der Waals surface area contributed by atoms with Crippen LogP contribution in [-0.4, -0.2) is 11.6 Å². The van der Waals surface area contributed by atoms with E-state index < -0.39 is 0 Å². The third-order valence-electron chi connectivity index (χ3n) is 4.21. The quantitative estimate of drug-likeness (QED) is 0.578. The molecule has 2 aliphatic carbocycles. The monoisotopic (exact) mass is 236 g/mol. The number of fused-ring (bicyclic) bond motifs is 1. The summed E-state index contributed by atoms with van der Waals surface area (Å²) in [6, 6.07) is 0. The fourth-order valence-electron chi connectivity index (χ4n) is 3.09. The van der Waals surface area contributed by atoms with Gasteiger partial charge in [-0.25, -0.2) is 5.43 Å². The van der Waals surface area contributed by atoms with E-state index >= 15 is 0 Å². The minimum Gasteiger partial charge on any atom is -0.273 e. The van der Waals surface area contributed by atoms with E-state index in [9.17, 15) is 4.79 Å². The maximum Gasteiger partial charge on any atom is 0.243 e. The summed E-state index contributed by atoms with van der Waals surface area (Å²) in [5.74, 6) is 1.79. The molecule has 2 saturated carbocycles. The maximum atomic E-state index is 11.9. The number of nitrogens with one attached hydrogen (secondary N) is 1. The molecule has 0 aliphatic heterocycles. The molecule has 0 aromatic rings. The third-order valence-corrected chi connectivity index (χ3v) is 4.21. The number of hydrogen-bond acceptors (Lipinski definition) is 2. The molecule has 1 N–H and O–H groups in total. The molecule has 0 spiro atoms. The van der Waals surface area contributed by atoms with Gasteiger partial charge >= 0.3 is 0 Å². The smallest absolute Gasteiger partial charge is 0.243 e. The van der Waals surface area contributed by atoms with Crippen molar-refractivity contribution in [2.24, 2.45) is 22.9 Å². The van der Waals surface area contributed by atoms with Crippen molar-refractivity contribution in [1.82, 2.24) is 5.43 Å². The highest BCUT2D eigenvalue weighted by atomic mass is 16.2. The van der Waals surface area contributed by atoms with Gasteiger partial charge in [-0.2, -0.15) is 5.10 Å². The van der Waals surface area contributed by atoms with Crippen LogP contribution < -0.4 is 5.43 Å². The highest BCUT2D eigenvalue weighted by molar-refractivity contribution is 5.86. The number of hydrogen-bond donors (Lipinski definition) is 1. The first-order valence-corrected chi connectivity index (χ1v) is 7.07. The molecular weight excluding hydrogens is 212 g/mol. The summed E-state index contributed by atoms with van der Waals surface area (Å²) >= 11 is 0. The summed E-state index contributed by atoms with van der Waals surface area (Å²) in [5.41, 5.74) is 3.80. The minimum absolute atomic E-state index is 0.165. The first-order valence-electron chi connectivity index (χ1n) is 7.07. The van der Waals surface area contributed by atoms with Gasteiger partial charge in [-0.3, -0.25) is 4.79 Å². The van der Waals surface area contributed by atoms with Gasteiger partial charge in [0.25, 0.3) is 0 Å². The van der Waals surface area contributed by atoms with E-state index in [2.05, 4.69) is 17.5 Å². The summed E-state index contributed by atoms with van der Waals surface area (Å²) in [4.78, 5) is 11.9. The van der Waals surface area contributed by atoms with Crippen molar-refractivity contribution >= 4 is 11.6 Å². The topological polar surface area (TPSA) is 41.5 Å². The normalized spacial score (nSPS) is 31.9. The Hall–Kier alpha value is -0.860. The third kappa shape index (κ3) is 3.08. The van der Waals surface area contributed by atoms with Crippen molar-refractivity contribution in [3.05, 3.63) is 0 Å². The molecule has 0 heterocycles. The van der Waals surface area contributed by atoms with Gasteiger partial charge in [-0.05, 0) is 44.4 Å². The highest BCUT2D eigenvalue weighted by Gasteiger charge is 2.54. The van der Waals surface area contributed by atoms with E-state index in [0.717, 1.165) is 18.6 Å². The molecule has 0 radical (unpaired) electrons. The molecule has 3 heteroatoms. The van der Waals surface area contributed by atoms with Gasteiger partial charge in [0.1, 0.15) is 0 Å². The van der Waals surface area contributed by atoms with Crippen LogP contribution in [0.15, 0.2) is 5.10 Å². The molecule has 2 atom stereocenters. The zero-order valence-electron chi connectivity index (χ0n) is 11.0. The number of hydrazone groups is 1. The second kappa shape index (κ2) is 5.65. The zero-order valence-corrected chi connectivity index (χ0v) is 11.0. The van der Waals surface area contributed by atoms with Crippen LogP contribution in [-0.2, 0) is 4.79 Å². The Kier molecular flexibility index (Phi) is 4.19. The lowest BCUT2D eigenvalue weighted by molar-refractivity contribution is -0.122. The Balaban J connectivity index is 1.74. The SMILES string of the molecule is CCCC/C(C)=N\NC(=O)C1[C@H]2CCCC[C@H]12. The lowest BCUT2D eigenvalue weighted by atomic mass is 10.0. The number of nitrogens with zero attached hydrogens (tertiary/aromatic N) is 1. The molecule has 0 aromatic heterocycles. The van der Waals surface area contributed by atoms with Gasteiger partial charge in [-0.1, -0.05) is 26.2 Å². The van der Waals surface area contributed by atoms with E-state index in [1.807, 2.05) is 6.92 Å². The molecule has 0 saturated heterocycles. The average molecular weight is 236 g/mol. The Bertz CT molecular complexity index is 299. The van der Waals surface area contributed by atoms with E-state index in [4.69, 9.17) is 0 Å². The Morgan fingerprint density at radius 1 is 1.29 bits per heavy atom. The molecule has 0 bridgehead atoms. The second-order valence-corrected chi connectivity index (χ2v) is 5.56. The summed E-state index contributed by atoms with van der Waals surface area (Å²) in [5, 5.41) is 4.20. The van der Waals surface area contributed by atoms with Gasteiger partial charge < -0.3 is 0 Å². The molecule has 2 rings (SSSR count). The van der Waals surface area contributed by atoms with Crippen molar-refractivity contribution in [1.29, 1.82) is 0 Å². The Morgan fingerprint density at radius 3 is 2.53 bits per heavy atom. The van der Waals surface area contributed by atoms with Crippen molar-refractivity contribution < 1.29 is 4.79 Å². The van der Waals surface area contributed by atoms with Crippen molar-refractivity contribution in [3.8, 4) is 0 Å². The van der Waals surface area contributed by atoms with Crippen LogP contribution in [0.3, 0.4) is 0 Å². The standard InChI is InChI=1S/C14H24N2O/c1-3-4-7-10(2)15-16-14(17)13-11-8-5-6-9-12(11)13/h11-13H,3-9H2,1-2H3,(H,16,17)/b15-10-/t11-,12-/m0/s1. The molecule has 17 heavy (non-hydrogen) atoms. The van der Waals surface area contributed by atoms with Crippen LogP contribution in [0, 0.1) is 17.8 Å². The van der Waals surface area contributed by atoms with Crippen LogP contribution in [0.25, 0.3) is 0 Å². The summed E-state index contributed by atoms with van der Waals surface area (Å²) in [7, 11) is 0. The predicted octanol–water partition coefficient (Wildman–Crippen LogP) is 3.10. The van der Waals surface area contributed by atoms with Gasteiger partial charge in [0.2, 0.25) is 5.91 Å². The lowest BCUT2D eigenvalue weighted by Gasteiger charge is -2.04. The maximum absolute atomic E-state index is 11.9. The molecule has 0 unspecified atom stereocenters. The Morgan fingerprint density at radius 2 is 1.94 bits per heavy atom. The molecule has 0 aromatic carbocycles. The van der Waals surface area contributed by atoms with E-state index in [-0.39, 0.29) is 11.8 Å². The summed E-state index contributed by atoms with van der Waals surface area (Å²) in [6.07, 6.45) is 8.44. The largest absolute Gasteiger partial charge is 0.273 e. The summed E-state index contributed by atoms with van der Waals surface area (Å²) in [6.45, 7) is 4.16. The minimum atomic E-state index is 0.165. The van der Waals surface area contributed by atoms with Crippen LogP contribution in [0.1, 0.15) is 58.8 Å². The molecular formula is C14H24N2O. The lowest BCUT2D eigenvalue weighted by Crippen LogP contribution is -2.22. The van der Waals surface area contributed by atoms with E-state index in [1.165, 1.54) is 32.1 Å². The molecule has 2 aliphatic rings. The molecule has 3 nitrogen and oxygen atoms in total. The van der Waals surface area contributed by atoms with Gasteiger partial charge in [0.15, 0.2) is 0 Å². The van der Waals surface area contributed by atoms with Crippen molar-refractivity contribution in [2.45, 2.75) is 58.8 Å². The van der Waals surface area contributed by atoms with Crippen molar-refractivity contribution in [3.63, 3.8) is 0 Å². The van der Waals surface area contributed by atoms with E-state index in [1.54, 1.807) is 0 Å². The predicted molar refractivity (Wildman–Crippen MR) is 69.7 cm³/mol. The number of carbonyl (C=O) groups excluding carboxylic acids is 1. The highest BCUT2D eigenvalue weighted by Crippen LogP contribution is 2.55. The van der Waals surface area contributed by atoms with Gasteiger partial charge in [-0.15, -0.1) is 0 Å². The number of rotatable bonds is 5. The molecule has 2 fully saturated rings. The van der Waals surface area contributed by atoms with Gasteiger partial charge in [0, 0.05) is 11.6 Å². The van der Waals surface area contributed by atoms with Crippen LogP contribution in [0.4, 0.5) is 0 Å². The summed E-state index contributed by atoms with van der Waals surface area (Å²) < 4.78 is 0. The van der Waals surface area contributed by atoms with Gasteiger partial charge in [0.05, 0.1) is 0 Å². The zero-order chi connectivity index (χ0) is 12.3. The first kappa shape index (κ1) is 12.6. The molecule has 96 valence electrons. The number of amides is 1. The molecule has 1 amide bonds. The van der Waals surface area contributed by atoms with Crippen molar-refractivity contribution in [2.75, 3.05) is 0 Å². The van der Waals surface area contributed by atoms with Crippen LogP contribution >= 0.6 is 0 Å². The first-order chi connectivity index (χ1) is 8.24. The second-order valence-electron chi connectivity index (χ2n) is 5.56.